The number of aliphatic hydroxyl groups is 1. The molecule has 3 N–H and O–H groups in total. The van der Waals surface area contributed by atoms with E-state index in [0.717, 1.165) is 6.07 Å². The molecule has 0 aliphatic rings. The van der Waals surface area contributed by atoms with E-state index in [-0.39, 0.29) is 18.0 Å². The Bertz CT molecular complexity index is 439. The average molecular weight is 226 g/mol. The molecule has 0 aromatic carbocycles. The Balaban J connectivity index is 2.92. The number of hydrogen-bond acceptors (Lipinski definition) is 4. The van der Waals surface area contributed by atoms with Crippen molar-refractivity contribution in [2.75, 3.05) is 13.6 Å². The molecule has 0 fully saturated rings. The standard InChI is InChI=1S/C10H14N2O4/c1-6(13)5-12(2)10(16)7-3-8(14)11-9(15)4-7/h3-4,6,13H,5H2,1-2H3,(H2,11,14,15). The molecular weight excluding hydrogens is 212 g/mol. The van der Waals surface area contributed by atoms with Crippen molar-refractivity contribution in [1.29, 1.82) is 0 Å². The summed E-state index contributed by atoms with van der Waals surface area (Å²) in [5.41, 5.74) is -0.460. The monoisotopic (exact) mass is 226 g/mol. The van der Waals surface area contributed by atoms with Crippen molar-refractivity contribution in [3.63, 3.8) is 0 Å². The summed E-state index contributed by atoms with van der Waals surface area (Å²) in [6.45, 7) is 1.71. The van der Waals surface area contributed by atoms with E-state index in [2.05, 4.69) is 4.98 Å². The molecule has 6 heteroatoms. The zero-order valence-electron chi connectivity index (χ0n) is 9.10. The van der Waals surface area contributed by atoms with Gasteiger partial charge in [-0.15, -0.1) is 0 Å². The zero-order chi connectivity index (χ0) is 12.3. The number of aromatic nitrogens is 1. The zero-order valence-corrected chi connectivity index (χ0v) is 9.10. The number of aromatic hydroxyl groups is 1. The minimum Gasteiger partial charge on any atom is -0.494 e. The number of amides is 1. The Labute approximate surface area is 92.1 Å². The van der Waals surface area contributed by atoms with Crippen LogP contribution in [-0.2, 0) is 0 Å². The largest absolute Gasteiger partial charge is 0.494 e. The lowest BCUT2D eigenvalue weighted by molar-refractivity contribution is 0.0703. The highest BCUT2D eigenvalue weighted by atomic mass is 16.3. The third kappa shape index (κ3) is 3.09. The Morgan fingerprint density at radius 3 is 2.69 bits per heavy atom. The number of carbonyl (C=O) groups is 1. The van der Waals surface area contributed by atoms with Gasteiger partial charge in [-0.2, -0.15) is 0 Å². The van der Waals surface area contributed by atoms with E-state index in [1.807, 2.05) is 0 Å². The predicted molar refractivity (Wildman–Crippen MR) is 57.4 cm³/mol. The van der Waals surface area contributed by atoms with Gasteiger partial charge in [-0.1, -0.05) is 0 Å². The first-order valence-corrected chi connectivity index (χ1v) is 4.77. The van der Waals surface area contributed by atoms with Gasteiger partial charge in [0, 0.05) is 25.7 Å². The molecule has 1 aromatic rings. The van der Waals surface area contributed by atoms with Gasteiger partial charge in [-0.25, -0.2) is 0 Å². The summed E-state index contributed by atoms with van der Waals surface area (Å²) in [6, 6.07) is 2.27. The van der Waals surface area contributed by atoms with Crippen LogP contribution in [-0.4, -0.2) is 45.7 Å². The number of rotatable bonds is 3. The van der Waals surface area contributed by atoms with Crippen molar-refractivity contribution < 1.29 is 15.0 Å². The number of nitrogens with zero attached hydrogens (tertiary/aromatic N) is 1. The molecule has 6 nitrogen and oxygen atoms in total. The van der Waals surface area contributed by atoms with Gasteiger partial charge in [0.25, 0.3) is 11.5 Å². The molecule has 1 heterocycles. The van der Waals surface area contributed by atoms with Crippen LogP contribution in [0.3, 0.4) is 0 Å². The van der Waals surface area contributed by atoms with Crippen molar-refractivity contribution in [2.24, 2.45) is 0 Å². The van der Waals surface area contributed by atoms with E-state index < -0.39 is 17.6 Å². The van der Waals surface area contributed by atoms with Crippen LogP contribution in [0.25, 0.3) is 0 Å². The molecule has 0 bridgehead atoms. The average Bonchev–Trinajstić information content (AvgIpc) is 2.13. The highest BCUT2D eigenvalue weighted by molar-refractivity contribution is 5.94. The number of aromatic amines is 1. The number of nitrogens with one attached hydrogen (secondary N) is 1. The summed E-state index contributed by atoms with van der Waals surface area (Å²) >= 11 is 0. The third-order valence-electron chi connectivity index (χ3n) is 1.96. The maximum absolute atomic E-state index is 11.7. The molecular formula is C10H14N2O4. The van der Waals surface area contributed by atoms with Crippen LogP contribution >= 0.6 is 0 Å². The molecule has 1 rings (SSSR count). The third-order valence-corrected chi connectivity index (χ3v) is 1.96. The number of H-pyrrole nitrogens is 1. The summed E-state index contributed by atoms with van der Waals surface area (Å²) in [5, 5.41) is 18.2. The molecule has 0 spiro atoms. The maximum atomic E-state index is 11.7. The number of likely N-dealkylation sites (N-methyl/N-ethyl adjacent to an activating group) is 1. The van der Waals surface area contributed by atoms with Gasteiger partial charge in [-0.05, 0) is 6.92 Å². The lowest BCUT2D eigenvalue weighted by Gasteiger charge is -2.18. The van der Waals surface area contributed by atoms with Crippen molar-refractivity contribution in [2.45, 2.75) is 13.0 Å². The second-order valence-electron chi connectivity index (χ2n) is 3.65. The molecule has 0 radical (unpaired) electrons. The number of pyridine rings is 1. The van der Waals surface area contributed by atoms with Crippen LogP contribution in [0.4, 0.5) is 0 Å². The molecule has 0 saturated carbocycles. The van der Waals surface area contributed by atoms with Crippen molar-refractivity contribution >= 4 is 5.91 Å². The van der Waals surface area contributed by atoms with E-state index in [9.17, 15) is 9.59 Å². The number of carbonyl (C=O) groups excluding carboxylic acids is 1. The molecule has 1 amide bonds. The number of hydrogen-bond donors (Lipinski definition) is 3. The molecule has 1 unspecified atom stereocenters. The summed E-state index contributed by atoms with van der Waals surface area (Å²) in [5.74, 6) is -0.788. The van der Waals surface area contributed by atoms with Gasteiger partial charge in [-0.3, -0.25) is 14.6 Å². The quantitative estimate of drug-likeness (QED) is 0.649. The first-order chi connectivity index (χ1) is 7.40. The fourth-order valence-electron chi connectivity index (χ4n) is 1.35. The highest BCUT2D eigenvalue weighted by Gasteiger charge is 2.14. The van der Waals surface area contributed by atoms with E-state index in [4.69, 9.17) is 10.2 Å². The van der Waals surface area contributed by atoms with Crippen molar-refractivity contribution in [3.8, 4) is 5.88 Å². The summed E-state index contributed by atoms with van der Waals surface area (Å²) in [7, 11) is 1.51. The van der Waals surface area contributed by atoms with Crippen molar-refractivity contribution in [1.82, 2.24) is 9.88 Å². The Hall–Kier alpha value is -1.82. The van der Waals surface area contributed by atoms with E-state index in [1.54, 1.807) is 6.92 Å². The summed E-state index contributed by atoms with van der Waals surface area (Å²) < 4.78 is 0. The van der Waals surface area contributed by atoms with Crippen LogP contribution < -0.4 is 5.56 Å². The van der Waals surface area contributed by atoms with Crippen LogP contribution in [0.1, 0.15) is 17.3 Å². The van der Waals surface area contributed by atoms with Gasteiger partial charge in [0.05, 0.1) is 11.7 Å². The maximum Gasteiger partial charge on any atom is 0.254 e. The predicted octanol–water partition coefficient (Wildman–Crippen LogP) is -0.467. The Morgan fingerprint density at radius 1 is 1.56 bits per heavy atom. The van der Waals surface area contributed by atoms with Crippen LogP contribution in [0.2, 0.25) is 0 Å². The fourth-order valence-corrected chi connectivity index (χ4v) is 1.35. The SMILES string of the molecule is CC(O)CN(C)C(=O)c1cc(O)[nH]c(=O)c1. The summed E-state index contributed by atoms with van der Waals surface area (Å²) in [6.07, 6.45) is -0.649. The normalized spacial score (nSPS) is 12.2. The minimum atomic E-state index is -0.649. The Morgan fingerprint density at radius 2 is 2.19 bits per heavy atom. The first kappa shape index (κ1) is 12.3. The lowest BCUT2D eigenvalue weighted by Crippen LogP contribution is -2.33. The van der Waals surface area contributed by atoms with Crippen molar-refractivity contribution in [3.05, 3.63) is 28.0 Å². The molecule has 88 valence electrons. The van der Waals surface area contributed by atoms with Crippen LogP contribution in [0.15, 0.2) is 16.9 Å². The van der Waals surface area contributed by atoms with E-state index in [0.29, 0.717) is 0 Å². The molecule has 0 aliphatic heterocycles. The second kappa shape index (κ2) is 4.80. The summed E-state index contributed by atoms with van der Waals surface area (Å²) in [4.78, 5) is 26.2. The Kier molecular flexibility index (Phi) is 3.68. The van der Waals surface area contributed by atoms with Gasteiger partial charge >= 0.3 is 0 Å². The van der Waals surface area contributed by atoms with Gasteiger partial charge < -0.3 is 15.1 Å². The molecule has 0 saturated heterocycles. The molecule has 0 aliphatic carbocycles. The smallest absolute Gasteiger partial charge is 0.254 e. The minimum absolute atomic E-state index is 0.0874. The second-order valence-corrected chi connectivity index (χ2v) is 3.65. The van der Waals surface area contributed by atoms with E-state index in [1.165, 1.54) is 18.0 Å². The van der Waals surface area contributed by atoms with Crippen LogP contribution in [0.5, 0.6) is 5.88 Å². The topological polar surface area (TPSA) is 93.6 Å². The lowest BCUT2D eigenvalue weighted by atomic mass is 10.2. The van der Waals surface area contributed by atoms with Crippen LogP contribution in [0, 0.1) is 0 Å². The molecule has 1 aromatic heterocycles. The van der Waals surface area contributed by atoms with Gasteiger partial charge in [0.2, 0.25) is 0 Å². The fraction of sp³-hybridized carbons (Fsp3) is 0.400. The molecule has 16 heavy (non-hydrogen) atoms. The van der Waals surface area contributed by atoms with E-state index >= 15 is 0 Å². The highest BCUT2D eigenvalue weighted by Crippen LogP contribution is 2.07. The number of aliphatic hydroxyl groups excluding tert-OH is 1. The van der Waals surface area contributed by atoms with Gasteiger partial charge in [0.15, 0.2) is 5.88 Å². The molecule has 1 atom stereocenters. The first-order valence-electron chi connectivity index (χ1n) is 4.77. The van der Waals surface area contributed by atoms with Gasteiger partial charge in [0.1, 0.15) is 0 Å².